The van der Waals surface area contributed by atoms with Crippen LogP contribution in [0.3, 0.4) is 0 Å². The highest BCUT2D eigenvalue weighted by atomic mass is 127. The van der Waals surface area contributed by atoms with Crippen molar-refractivity contribution in [1.29, 1.82) is 0 Å². The number of aliphatic imine (C=N–C) groups is 1. The molecule has 3 N–H and O–H groups in total. The Balaban J connectivity index is 0.00000420. The number of aryl methyl sites for hydroxylation is 1. The van der Waals surface area contributed by atoms with Crippen molar-refractivity contribution in [2.45, 2.75) is 40.2 Å². The van der Waals surface area contributed by atoms with Gasteiger partial charge in [-0.2, -0.15) is 0 Å². The van der Waals surface area contributed by atoms with Crippen LogP contribution in [-0.2, 0) is 6.42 Å². The predicted molar refractivity (Wildman–Crippen MR) is 132 cm³/mol. The van der Waals surface area contributed by atoms with Gasteiger partial charge in [0.25, 0.3) is 5.91 Å². The zero-order valence-electron chi connectivity index (χ0n) is 17.8. The summed E-state index contributed by atoms with van der Waals surface area (Å²) in [5.74, 6) is 1.28. The van der Waals surface area contributed by atoms with E-state index in [1.54, 1.807) is 12.6 Å². The first-order chi connectivity index (χ1) is 13.4. The number of nitrogens with one attached hydrogen (secondary N) is 3. The van der Waals surface area contributed by atoms with E-state index in [4.69, 9.17) is 0 Å². The average molecular weight is 529 g/mol. The molecule has 1 unspecified atom stereocenters. The van der Waals surface area contributed by atoms with Gasteiger partial charge in [-0.25, -0.2) is 4.98 Å². The van der Waals surface area contributed by atoms with Crippen LogP contribution in [0.4, 0.5) is 0 Å². The molecule has 0 aliphatic rings. The van der Waals surface area contributed by atoms with E-state index in [-0.39, 0.29) is 35.9 Å². The Morgan fingerprint density at radius 3 is 2.34 bits per heavy atom. The summed E-state index contributed by atoms with van der Waals surface area (Å²) in [6, 6.07) is 8.86. The van der Waals surface area contributed by atoms with Gasteiger partial charge in [0, 0.05) is 20.1 Å². The minimum absolute atomic E-state index is 0. The van der Waals surface area contributed by atoms with E-state index in [1.165, 1.54) is 22.5 Å². The lowest BCUT2D eigenvalue weighted by Crippen LogP contribution is -2.42. The Hall–Kier alpha value is -1.68. The lowest BCUT2D eigenvalue weighted by atomic mass is 10.00. The predicted octanol–water partition coefficient (Wildman–Crippen LogP) is 3.92. The quantitative estimate of drug-likeness (QED) is 0.210. The Kier molecular flexibility index (Phi) is 11.2. The molecule has 29 heavy (non-hydrogen) atoms. The van der Waals surface area contributed by atoms with Gasteiger partial charge < -0.3 is 16.0 Å². The highest BCUT2D eigenvalue weighted by molar-refractivity contribution is 14.0. The van der Waals surface area contributed by atoms with Crippen LogP contribution >= 0.6 is 35.3 Å². The average Bonchev–Trinajstić information content (AvgIpc) is 3.10. The van der Waals surface area contributed by atoms with Gasteiger partial charge in [-0.05, 0) is 37.3 Å². The molecule has 2 aromatic rings. The highest BCUT2D eigenvalue weighted by Crippen LogP contribution is 2.15. The number of aromatic nitrogens is 1. The Morgan fingerprint density at radius 2 is 1.79 bits per heavy atom. The number of carbonyl (C=O) groups excluding carboxylic acids is 1. The Labute approximate surface area is 195 Å². The van der Waals surface area contributed by atoms with Crippen molar-refractivity contribution in [3.05, 3.63) is 51.5 Å². The smallest absolute Gasteiger partial charge is 0.263 e. The standard InChI is InChI=1S/C21H31N5OS.HI/c1-14(2)12-17-6-8-18(9-7-17)15(3)26-21(22-5)24-11-10-23-20(27)19-16(4)25-13-28-19;/h6-9,13-15H,10-12H2,1-5H3,(H,23,27)(H2,22,24,26);1H. The lowest BCUT2D eigenvalue weighted by Gasteiger charge is -2.19. The molecule has 0 bridgehead atoms. The topological polar surface area (TPSA) is 78.4 Å². The van der Waals surface area contributed by atoms with E-state index in [0.29, 0.717) is 29.8 Å². The molecule has 1 aromatic heterocycles. The summed E-state index contributed by atoms with van der Waals surface area (Å²) in [4.78, 5) is 21.1. The molecular weight excluding hydrogens is 497 g/mol. The molecule has 6 nitrogen and oxygen atoms in total. The number of thiazole rings is 1. The van der Waals surface area contributed by atoms with E-state index in [0.717, 1.165) is 12.1 Å². The first-order valence-electron chi connectivity index (χ1n) is 9.65. The second kappa shape index (κ2) is 12.8. The van der Waals surface area contributed by atoms with E-state index < -0.39 is 0 Å². The maximum atomic E-state index is 12.1. The van der Waals surface area contributed by atoms with Gasteiger partial charge in [0.15, 0.2) is 5.96 Å². The van der Waals surface area contributed by atoms with Gasteiger partial charge in [0.2, 0.25) is 0 Å². The monoisotopic (exact) mass is 529 g/mol. The van der Waals surface area contributed by atoms with Crippen LogP contribution in [0.5, 0.6) is 0 Å². The summed E-state index contributed by atoms with van der Waals surface area (Å²) < 4.78 is 0. The molecule has 2 rings (SSSR count). The van der Waals surface area contributed by atoms with Gasteiger partial charge in [0.05, 0.1) is 17.2 Å². The van der Waals surface area contributed by atoms with Crippen LogP contribution in [0.15, 0.2) is 34.8 Å². The maximum Gasteiger partial charge on any atom is 0.263 e. The van der Waals surface area contributed by atoms with E-state index in [1.807, 2.05) is 6.92 Å². The number of benzene rings is 1. The second-order valence-electron chi connectivity index (χ2n) is 7.23. The van der Waals surface area contributed by atoms with Crippen molar-refractivity contribution in [2.24, 2.45) is 10.9 Å². The Bertz CT molecular complexity index is 789. The van der Waals surface area contributed by atoms with Crippen LogP contribution in [0.25, 0.3) is 0 Å². The van der Waals surface area contributed by atoms with Crippen LogP contribution in [0.1, 0.15) is 53.3 Å². The number of hydrogen-bond donors (Lipinski definition) is 3. The molecular formula is C21H32IN5OS. The zero-order valence-corrected chi connectivity index (χ0v) is 20.9. The van der Waals surface area contributed by atoms with Gasteiger partial charge >= 0.3 is 0 Å². The van der Waals surface area contributed by atoms with Crippen molar-refractivity contribution < 1.29 is 4.79 Å². The minimum Gasteiger partial charge on any atom is -0.355 e. The van der Waals surface area contributed by atoms with Crippen molar-refractivity contribution in [1.82, 2.24) is 20.9 Å². The number of hydrogen-bond acceptors (Lipinski definition) is 4. The van der Waals surface area contributed by atoms with Crippen molar-refractivity contribution >= 4 is 47.2 Å². The fourth-order valence-corrected chi connectivity index (χ4v) is 3.57. The molecule has 0 radical (unpaired) electrons. The number of carbonyl (C=O) groups is 1. The summed E-state index contributed by atoms with van der Waals surface area (Å²) in [6.07, 6.45) is 1.10. The molecule has 0 spiro atoms. The second-order valence-corrected chi connectivity index (χ2v) is 8.08. The van der Waals surface area contributed by atoms with Crippen LogP contribution in [0.2, 0.25) is 0 Å². The third-order valence-corrected chi connectivity index (χ3v) is 5.28. The van der Waals surface area contributed by atoms with Gasteiger partial charge in [-0.1, -0.05) is 38.1 Å². The summed E-state index contributed by atoms with van der Waals surface area (Å²) >= 11 is 1.36. The molecule has 0 saturated carbocycles. The molecule has 0 saturated heterocycles. The first-order valence-corrected chi connectivity index (χ1v) is 10.5. The fraction of sp³-hybridized carbons (Fsp3) is 0.476. The molecule has 0 aliphatic heterocycles. The number of guanidine groups is 1. The lowest BCUT2D eigenvalue weighted by molar-refractivity contribution is 0.0957. The minimum atomic E-state index is -0.0837. The molecule has 1 atom stereocenters. The highest BCUT2D eigenvalue weighted by Gasteiger charge is 2.11. The molecule has 160 valence electrons. The summed E-state index contributed by atoms with van der Waals surface area (Å²) in [5, 5.41) is 9.52. The Morgan fingerprint density at radius 1 is 1.14 bits per heavy atom. The van der Waals surface area contributed by atoms with Crippen LogP contribution in [0, 0.1) is 12.8 Å². The van der Waals surface area contributed by atoms with Crippen LogP contribution in [-0.4, -0.2) is 37.0 Å². The SMILES string of the molecule is CN=C(NCCNC(=O)c1scnc1C)NC(C)c1ccc(CC(C)C)cc1.I. The third kappa shape index (κ3) is 8.30. The van der Waals surface area contributed by atoms with E-state index in [9.17, 15) is 4.79 Å². The largest absolute Gasteiger partial charge is 0.355 e. The first kappa shape index (κ1) is 25.4. The maximum absolute atomic E-state index is 12.1. The van der Waals surface area contributed by atoms with Crippen molar-refractivity contribution in [2.75, 3.05) is 20.1 Å². The zero-order chi connectivity index (χ0) is 20.5. The molecule has 1 heterocycles. The number of nitrogens with zero attached hydrogens (tertiary/aromatic N) is 2. The molecule has 1 aromatic carbocycles. The number of amides is 1. The molecule has 1 amide bonds. The molecule has 8 heteroatoms. The number of halogens is 1. The number of rotatable bonds is 8. The van der Waals surface area contributed by atoms with E-state index >= 15 is 0 Å². The molecule has 0 aliphatic carbocycles. The van der Waals surface area contributed by atoms with Crippen molar-refractivity contribution in [3.63, 3.8) is 0 Å². The summed E-state index contributed by atoms with van der Waals surface area (Å²) in [6.45, 7) is 9.51. The van der Waals surface area contributed by atoms with Crippen LogP contribution < -0.4 is 16.0 Å². The van der Waals surface area contributed by atoms with Gasteiger partial charge in [0.1, 0.15) is 4.88 Å². The normalized spacial score (nSPS) is 12.3. The van der Waals surface area contributed by atoms with E-state index in [2.05, 4.69) is 71.0 Å². The summed E-state index contributed by atoms with van der Waals surface area (Å²) in [5.41, 5.74) is 5.02. The van der Waals surface area contributed by atoms with Gasteiger partial charge in [-0.3, -0.25) is 9.79 Å². The van der Waals surface area contributed by atoms with Gasteiger partial charge in [-0.15, -0.1) is 35.3 Å². The van der Waals surface area contributed by atoms with Crippen molar-refractivity contribution in [3.8, 4) is 0 Å². The molecule has 0 fully saturated rings. The summed E-state index contributed by atoms with van der Waals surface area (Å²) in [7, 11) is 1.74. The third-order valence-electron chi connectivity index (χ3n) is 4.36. The fourth-order valence-electron chi connectivity index (χ4n) is 2.85.